The van der Waals surface area contributed by atoms with Crippen molar-refractivity contribution in [3.05, 3.63) is 58.6 Å². The predicted molar refractivity (Wildman–Crippen MR) is 88.2 cm³/mol. The van der Waals surface area contributed by atoms with Crippen molar-refractivity contribution in [2.45, 2.75) is 6.10 Å². The van der Waals surface area contributed by atoms with Gasteiger partial charge in [0.25, 0.3) is 0 Å². The fourth-order valence-electron chi connectivity index (χ4n) is 2.47. The molecule has 118 valence electrons. The van der Waals surface area contributed by atoms with Crippen molar-refractivity contribution < 1.29 is 14.6 Å². The number of hydrogen-bond donors (Lipinski definition) is 1. The first-order valence-corrected chi connectivity index (χ1v) is 7.34. The van der Waals surface area contributed by atoms with Gasteiger partial charge in [0.2, 0.25) is 11.8 Å². The molecule has 1 atom stereocenters. The highest BCUT2D eigenvalue weighted by Gasteiger charge is 2.19. The Labute approximate surface area is 138 Å². The van der Waals surface area contributed by atoms with Gasteiger partial charge in [-0.2, -0.15) is 0 Å². The van der Waals surface area contributed by atoms with E-state index in [9.17, 15) is 5.11 Å². The van der Waals surface area contributed by atoms with E-state index in [4.69, 9.17) is 21.1 Å². The Morgan fingerprint density at radius 3 is 2.09 bits per heavy atom. The monoisotopic (exact) mass is 330 g/mol. The molecule has 0 aliphatic carbocycles. The summed E-state index contributed by atoms with van der Waals surface area (Å²) in [7, 11) is 3.02. The molecule has 1 N–H and O–H groups in total. The summed E-state index contributed by atoms with van der Waals surface area (Å²) in [6.07, 6.45) is -0.850. The highest BCUT2D eigenvalue weighted by Crippen LogP contribution is 2.37. The van der Waals surface area contributed by atoms with Crippen LogP contribution in [0.2, 0.25) is 5.02 Å². The fraction of sp³-hybridized carbons (Fsp3) is 0.176. The van der Waals surface area contributed by atoms with Crippen LogP contribution in [0.5, 0.6) is 11.8 Å². The van der Waals surface area contributed by atoms with Crippen LogP contribution in [0.4, 0.5) is 0 Å². The molecule has 0 saturated carbocycles. The number of aliphatic hydroxyl groups is 1. The van der Waals surface area contributed by atoms with Crippen LogP contribution in [0.15, 0.2) is 42.5 Å². The van der Waals surface area contributed by atoms with Crippen molar-refractivity contribution in [2.24, 2.45) is 0 Å². The number of aromatic nitrogens is 2. The first-order valence-electron chi connectivity index (χ1n) is 6.96. The minimum absolute atomic E-state index is 0.346. The van der Waals surface area contributed by atoms with E-state index in [1.54, 1.807) is 12.1 Å². The summed E-state index contributed by atoms with van der Waals surface area (Å²) in [4.78, 5) is 0. The quantitative estimate of drug-likeness (QED) is 0.794. The summed E-state index contributed by atoms with van der Waals surface area (Å²) < 4.78 is 10.5. The van der Waals surface area contributed by atoms with Crippen LogP contribution in [-0.4, -0.2) is 29.5 Å². The minimum atomic E-state index is -0.850. The number of halogens is 1. The summed E-state index contributed by atoms with van der Waals surface area (Å²) in [6, 6.07) is 12.8. The maximum absolute atomic E-state index is 10.6. The van der Waals surface area contributed by atoms with Crippen molar-refractivity contribution in [3.63, 3.8) is 0 Å². The van der Waals surface area contributed by atoms with E-state index in [2.05, 4.69) is 10.2 Å². The maximum Gasteiger partial charge on any atom is 0.241 e. The standard InChI is InChI=1S/C17H15ClN2O3/c1-22-16-11-8-13(15(21)10-6-4-3-5-7-10)14(18)9-12(11)17(23-2)20-19-16/h3-9,15,21H,1-2H3. The van der Waals surface area contributed by atoms with E-state index < -0.39 is 6.10 Å². The summed E-state index contributed by atoms with van der Waals surface area (Å²) in [5.41, 5.74) is 1.32. The molecule has 1 heterocycles. The molecular formula is C17H15ClN2O3. The molecule has 0 radical (unpaired) electrons. The Balaban J connectivity index is 2.21. The van der Waals surface area contributed by atoms with Gasteiger partial charge in [-0.05, 0) is 17.7 Å². The van der Waals surface area contributed by atoms with Crippen molar-refractivity contribution in [1.82, 2.24) is 10.2 Å². The second-order valence-corrected chi connectivity index (χ2v) is 5.36. The van der Waals surface area contributed by atoms with Crippen molar-refractivity contribution >= 4 is 22.4 Å². The Kier molecular flexibility index (Phi) is 4.32. The molecule has 0 amide bonds. The average Bonchev–Trinajstić information content (AvgIpc) is 2.60. The second kappa shape index (κ2) is 6.40. The van der Waals surface area contributed by atoms with Crippen LogP contribution in [0.25, 0.3) is 10.8 Å². The third kappa shape index (κ3) is 2.81. The molecule has 0 aliphatic heterocycles. The number of nitrogens with zero attached hydrogens (tertiary/aromatic N) is 2. The first kappa shape index (κ1) is 15.5. The Morgan fingerprint density at radius 2 is 1.52 bits per heavy atom. The lowest BCUT2D eigenvalue weighted by atomic mass is 9.99. The van der Waals surface area contributed by atoms with Gasteiger partial charge in [0.1, 0.15) is 6.10 Å². The third-order valence-corrected chi connectivity index (χ3v) is 3.95. The van der Waals surface area contributed by atoms with Crippen molar-refractivity contribution in [3.8, 4) is 11.8 Å². The lowest BCUT2D eigenvalue weighted by Crippen LogP contribution is -2.02. The van der Waals surface area contributed by atoms with Crippen LogP contribution < -0.4 is 9.47 Å². The average molecular weight is 331 g/mol. The fourth-order valence-corrected chi connectivity index (χ4v) is 2.74. The number of methoxy groups -OCH3 is 2. The minimum Gasteiger partial charge on any atom is -0.479 e. The largest absolute Gasteiger partial charge is 0.479 e. The van der Waals surface area contributed by atoms with Crippen LogP contribution in [0.3, 0.4) is 0 Å². The highest BCUT2D eigenvalue weighted by atomic mass is 35.5. The van der Waals surface area contributed by atoms with Gasteiger partial charge in [0.05, 0.1) is 25.0 Å². The molecule has 0 fully saturated rings. The van der Waals surface area contributed by atoms with Gasteiger partial charge in [-0.1, -0.05) is 41.9 Å². The van der Waals surface area contributed by atoms with Crippen LogP contribution in [-0.2, 0) is 0 Å². The summed E-state index contributed by atoms with van der Waals surface area (Å²) in [5.74, 6) is 0.697. The van der Waals surface area contributed by atoms with Gasteiger partial charge >= 0.3 is 0 Å². The number of benzene rings is 2. The predicted octanol–water partition coefficient (Wildman–Crippen LogP) is 3.38. The summed E-state index contributed by atoms with van der Waals surface area (Å²) in [5, 5.41) is 20.3. The Bertz CT molecular complexity index is 840. The number of fused-ring (bicyclic) bond motifs is 1. The molecule has 3 rings (SSSR count). The zero-order valence-corrected chi connectivity index (χ0v) is 13.4. The van der Waals surface area contributed by atoms with Crippen LogP contribution in [0, 0.1) is 0 Å². The topological polar surface area (TPSA) is 64.5 Å². The number of ether oxygens (including phenoxy) is 2. The highest BCUT2D eigenvalue weighted by molar-refractivity contribution is 6.32. The molecule has 0 aliphatic rings. The molecule has 2 aromatic carbocycles. The van der Waals surface area contributed by atoms with Gasteiger partial charge in [-0.15, -0.1) is 10.2 Å². The van der Waals surface area contributed by atoms with Gasteiger partial charge in [-0.25, -0.2) is 0 Å². The molecule has 1 aromatic heterocycles. The van der Waals surface area contributed by atoms with Crippen molar-refractivity contribution in [1.29, 1.82) is 0 Å². The number of hydrogen-bond acceptors (Lipinski definition) is 5. The number of aliphatic hydroxyl groups excluding tert-OH is 1. The van der Waals surface area contributed by atoms with E-state index in [0.717, 1.165) is 5.56 Å². The molecular weight excluding hydrogens is 316 g/mol. The summed E-state index contributed by atoms with van der Waals surface area (Å²) in [6.45, 7) is 0. The maximum atomic E-state index is 10.6. The van der Waals surface area contributed by atoms with E-state index in [-0.39, 0.29) is 0 Å². The molecule has 23 heavy (non-hydrogen) atoms. The summed E-state index contributed by atoms with van der Waals surface area (Å²) >= 11 is 6.37. The van der Waals surface area contributed by atoms with Crippen molar-refractivity contribution in [2.75, 3.05) is 14.2 Å². The smallest absolute Gasteiger partial charge is 0.241 e. The SMILES string of the molecule is COc1nnc(OC)c2cc(C(O)c3ccccc3)c(Cl)cc12. The first-order chi connectivity index (χ1) is 11.2. The Morgan fingerprint density at radius 1 is 0.957 bits per heavy atom. The molecule has 1 unspecified atom stereocenters. The van der Waals surface area contributed by atoms with E-state index in [0.29, 0.717) is 33.1 Å². The molecule has 6 heteroatoms. The van der Waals surface area contributed by atoms with Gasteiger partial charge in [0.15, 0.2) is 0 Å². The zero-order valence-electron chi connectivity index (χ0n) is 12.7. The van der Waals surface area contributed by atoms with Crippen LogP contribution >= 0.6 is 11.6 Å². The van der Waals surface area contributed by atoms with Gasteiger partial charge in [0, 0.05) is 10.6 Å². The molecule has 3 aromatic rings. The Hall–Kier alpha value is -2.37. The van der Waals surface area contributed by atoms with E-state index >= 15 is 0 Å². The second-order valence-electron chi connectivity index (χ2n) is 4.95. The molecule has 0 saturated heterocycles. The molecule has 0 bridgehead atoms. The third-order valence-electron chi connectivity index (χ3n) is 3.63. The molecule has 5 nitrogen and oxygen atoms in total. The zero-order chi connectivity index (χ0) is 16.4. The van der Waals surface area contributed by atoms with E-state index in [1.165, 1.54) is 14.2 Å². The van der Waals surface area contributed by atoms with Crippen LogP contribution in [0.1, 0.15) is 17.2 Å². The van der Waals surface area contributed by atoms with Gasteiger partial charge in [-0.3, -0.25) is 0 Å². The van der Waals surface area contributed by atoms with Gasteiger partial charge < -0.3 is 14.6 Å². The van der Waals surface area contributed by atoms with E-state index in [1.807, 2.05) is 30.3 Å². The lowest BCUT2D eigenvalue weighted by Gasteiger charge is -2.15. The lowest BCUT2D eigenvalue weighted by molar-refractivity contribution is 0.220. The normalized spacial score (nSPS) is 12.2. The number of rotatable bonds is 4. The molecule has 0 spiro atoms.